The highest BCUT2D eigenvalue weighted by Crippen LogP contribution is 2.33. The lowest BCUT2D eigenvalue weighted by atomic mass is 10.0. The Kier molecular flexibility index (Phi) is 4.41. The zero-order valence-electron chi connectivity index (χ0n) is 10.9. The zero-order valence-corrected chi connectivity index (χ0v) is 12.4. The monoisotopic (exact) mass is 287 g/mol. The average Bonchev–Trinajstić information content (AvgIpc) is 2.73. The topological polar surface area (TPSA) is 21.3 Å². The van der Waals surface area contributed by atoms with E-state index in [-0.39, 0.29) is 5.54 Å². The number of hydrogen-bond acceptors (Lipinski definition) is 2. The largest absolute Gasteiger partial charge is 0.493 e. The van der Waals surface area contributed by atoms with Crippen LogP contribution >= 0.6 is 23.2 Å². The quantitative estimate of drug-likeness (QED) is 0.833. The van der Waals surface area contributed by atoms with E-state index < -0.39 is 0 Å². The summed E-state index contributed by atoms with van der Waals surface area (Å²) in [7, 11) is 0. The molecule has 2 rings (SSSR count). The van der Waals surface area contributed by atoms with Gasteiger partial charge in [-0.3, -0.25) is 0 Å². The van der Waals surface area contributed by atoms with E-state index in [1.165, 1.54) is 5.56 Å². The summed E-state index contributed by atoms with van der Waals surface area (Å²) in [6, 6.07) is 3.98. The highest BCUT2D eigenvalue weighted by atomic mass is 35.5. The third-order valence-electron chi connectivity index (χ3n) is 3.30. The Labute approximate surface area is 119 Å². The Balaban J connectivity index is 2.10. The molecule has 1 aromatic rings. The smallest absolute Gasteiger partial charge is 0.127 e. The van der Waals surface area contributed by atoms with Gasteiger partial charge in [0.1, 0.15) is 5.75 Å². The van der Waals surface area contributed by atoms with E-state index in [2.05, 4.69) is 19.2 Å². The summed E-state index contributed by atoms with van der Waals surface area (Å²) in [5.41, 5.74) is 2.38. The van der Waals surface area contributed by atoms with Crippen LogP contribution < -0.4 is 10.1 Å². The molecule has 0 amide bonds. The van der Waals surface area contributed by atoms with Crippen molar-refractivity contribution in [2.75, 3.05) is 12.5 Å². The third kappa shape index (κ3) is 3.31. The molecule has 0 aromatic heterocycles. The second-order valence-corrected chi connectivity index (χ2v) is 6.14. The molecule has 0 spiro atoms. The summed E-state index contributed by atoms with van der Waals surface area (Å²) in [6.45, 7) is 5.82. The molecule has 2 nitrogen and oxygen atoms in total. The first-order valence-corrected chi connectivity index (χ1v) is 7.18. The normalized spacial score (nSPS) is 14.4. The zero-order chi connectivity index (χ0) is 13.2. The van der Waals surface area contributed by atoms with Crippen LogP contribution in [0.25, 0.3) is 0 Å². The lowest BCUT2D eigenvalue weighted by Crippen LogP contribution is -2.39. The molecule has 0 fully saturated rings. The summed E-state index contributed by atoms with van der Waals surface area (Å²) < 4.78 is 5.69. The predicted molar refractivity (Wildman–Crippen MR) is 76.9 cm³/mol. The predicted octanol–water partition coefficient (Wildman–Crippen LogP) is 3.77. The number of rotatable bonds is 5. The minimum atomic E-state index is 0.0234. The fourth-order valence-corrected chi connectivity index (χ4v) is 2.87. The third-order valence-corrected chi connectivity index (χ3v) is 3.71. The number of halogens is 2. The summed E-state index contributed by atoms with van der Waals surface area (Å²) >= 11 is 11.9. The van der Waals surface area contributed by atoms with Crippen molar-refractivity contribution in [3.05, 3.63) is 28.3 Å². The Bertz CT molecular complexity index is 432. The van der Waals surface area contributed by atoms with Gasteiger partial charge in [-0.1, -0.05) is 11.6 Å². The summed E-state index contributed by atoms with van der Waals surface area (Å²) in [6.07, 6.45) is 1.88. The molecule has 0 saturated carbocycles. The van der Waals surface area contributed by atoms with Crippen LogP contribution in [0.2, 0.25) is 5.02 Å². The van der Waals surface area contributed by atoms with E-state index in [1.807, 2.05) is 12.1 Å². The number of hydrogen-bond donors (Lipinski definition) is 1. The maximum atomic E-state index is 6.14. The van der Waals surface area contributed by atoms with Crippen molar-refractivity contribution in [2.45, 2.75) is 38.8 Å². The van der Waals surface area contributed by atoms with Gasteiger partial charge in [0, 0.05) is 35.0 Å². The molecule has 1 heterocycles. The molecule has 1 aromatic carbocycles. The summed E-state index contributed by atoms with van der Waals surface area (Å²) in [5, 5.41) is 4.29. The highest BCUT2D eigenvalue weighted by Gasteiger charge is 2.20. The number of alkyl halides is 1. The van der Waals surface area contributed by atoms with E-state index in [0.29, 0.717) is 5.88 Å². The Morgan fingerprint density at radius 1 is 1.39 bits per heavy atom. The van der Waals surface area contributed by atoms with E-state index in [4.69, 9.17) is 27.9 Å². The molecule has 0 saturated heterocycles. The highest BCUT2D eigenvalue weighted by molar-refractivity contribution is 6.30. The molecule has 0 unspecified atom stereocenters. The lowest BCUT2D eigenvalue weighted by Gasteiger charge is -2.26. The number of ether oxygens (including phenoxy) is 1. The van der Waals surface area contributed by atoms with Gasteiger partial charge < -0.3 is 10.1 Å². The van der Waals surface area contributed by atoms with Gasteiger partial charge in [0.15, 0.2) is 0 Å². The van der Waals surface area contributed by atoms with Crippen molar-refractivity contribution in [1.29, 1.82) is 0 Å². The van der Waals surface area contributed by atoms with Crippen LogP contribution in [-0.2, 0) is 13.0 Å². The summed E-state index contributed by atoms with van der Waals surface area (Å²) in [5.74, 6) is 1.66. The number of nitrogens with one attached hydrogen (secondary N) is 1. The fraction of sp³-hybridized carbons (Fsp3) is 0.571. The van der Waals surface area contributed by atoms with E-state index >= 15 is 0 Å². The van der Waals surface area contributed by atoms with Crippen LogP contribution in [0.15, 0.2) is 12.1 Å². The van der Waals surface area contributed by atoms with Crippen molar-refractivity contribution >= 4 is 23.2 Å². The average molecular weight is 288 g/mol. The van der Waals surface area contributed by atoms with Gasteiger partial charge >= 0.3 is 0 Å². The van der Waals surface area contributed by atoms with Gasteiger partial charge in [0.25, 0.3) is 0 Å². The van der Waals surface area contributed by atoms with Gasteiger partial charge in [-0.25, -0.2) is 0 Å². The van der Waals surface area contributed by atoms with Crippen LogP contribution in [0.1, 0.15) is 31.4 Å². The Morgan fingerprint density at radius 3 is 2.89 bits per heavy atom. The van der Waals surface area contributed by atoms with Crippen molar-refractivity contribution < 1.29 is 4.74 Å². The van der Waals surface area contributed by atoms with Crippen molar-refractivity contribution in [3.8, 4) is 5.75 Å². The van der Waals surface area contributed by atoms with E-state index in [9.17, 15) is 0 Å². The van der Waals surface area contributed by atoms with E-state index in [1.54, 1.807) is 0 Å². The molecule has 100 valence electrons. The summed E-state index contributed by atoms with van der Waals surface area (Å²) in [4.78, 5) is 0. The molecule has 1 aliphatic rings. The van der Waals surface area contributed by atoms with Gasteiger partial charge in [0.05, 0.1) is 6.61 Å². The van der Waals surface area contributed by atoms with Crippen LogP contribution in [0, 0.1) is 0 Å². The van der Waals surface area contributed by atoms with E-state index in [0.717, 1.165) is 42.3 Å². The molecular formula is C14H19Cl2NO. The first-order chi connectivity index (χ1) is 8.52. The Morgan fingerprint density at radius 2 is 2.17 bits per heavy atom. The molecule has 0 aliphatic carbocycles. The molecule has 0 bridgehead atoms. The Hall–Kier alpha value is -0.440. The second kappa shape index (κ2) is 5.68. The van der Waals surface area contributed by atoms with Gasteiger partial charge in [-0.2, -0.15) is 0 Å². The standard InChI is InChI=1S/C14H19Cl2NO/c1-14(2,4-5-15)17-9-11-8-12(16)7-10-3-6-18-13(10)11/h7-8,17H,3-6,9H2,1-2H3. The van der Waals surface area contributed by atoms with Gasteiger partial charge in [-0.05, 0) is 38.0 Å². The van der Waals surface area contributed by atoms with Crippen molar-refractivity contribution in [3.63, 3.8) is 0 Å². The molecule has 0 atom stereocenters. The minimum absolute atomic E-state index is 0.0234. The lowest BCUT2D eigenvalue weighted by molar-refractivity contribution is 0.343. The molecule has 1 N–H and O–H groups in total. The fourth-order valence-electron chi connectivity index (χ4n) is 2.14. The molecule has 0 radical (unpaired) electrons. The SMILES string of the molecule is CC(C)(CCCl)NCc1cc(Cl)cc2c1OCC2. The number of benzene rings is 1. The molecule has 1 aliphatic heterocycles. The van der Waals surface area contributed by atoms with Crippen molar-refractivity contribution in [1.82, 2.24) is 5.32 Å². The maximum absolute atomic E-state index is 6.14. The van der Waals surface area contributed by atoms with Crippen molar-refractivity contribution in [2.24, 2.45) is 0 Å². The molecular weight excluding hydrogens is 269 g/mol. The molecule has 18 heavy (non-hydrogen) atoms. The van der Waals surface area contributed by atoms with Crippen LogP contribution in [0.3, 0.4) is 0 Å². The first kappa shape index (κ1) is 14.0. The van der Waals surface area contributed by atoms with Crippen LogP contribution in [-0.4, -0.2) is 18.0 Å². The van der Waals surface area contributed by atoms with Gasteiger partial charge in [0.2, 0.25) is 0 Å². The van der Waals surface area contributed by atoms with Crippen LogP contribution in [0.5, 0.6) is 5.75 Å². The van der Waals surface area contributed by atoms with Crippen LogP contribution in [0.4, 0.5) is 0 Å². The maximum Gasteiger partial charge on any atom is 0.127 e. The minimum Gasteiger partial charge on any atom is -0.493 e. The number of fused-ring (bicyclic) bond motifs is 1. The van der Waals surface area contributed by atoms with Gasteiger partial charge in [-0.15, -0.1) is 11.6 Å². The second-order valence-electron chi connectivity index (χ2n) is 5.33. The first-order valence-electron chi connectivity index (χ1n) is 6.27. The molecule has 4 heteroatoms.